The molecular weight excluding hydrogens is 244 g/mol. The van der Waals surface area contributed by atoms with E-state index in [4.69, 9.17) is 5.73 Å². The fourth-order valence-electron chi connectivity index (χ4n) is 1.24. The van der Waals surface area contributed by atoms with Gasteiger partial charge in [0.15, 0.2) is 4.34 Å². The quantitative estimate of drug-likeness (QED) is 0.728. The van der Waals surface area contributed by atoms with Crippen LogP contribution in [0.25, 0.3) is 0 Å². The summed E-state index contributed by atoms with van der Waals surface area (Å²) in [7, 11) is 0. The minimum absolute atomic E-state index is 0.262. The van der Waals surface area contributed by atoms with Crippen molar-refractivity contribution in [2.24, 2.45) is 5.73 Å². The molecule has 1 amide bonds. The highest BCUT2D eigenvalue weighted by atomic mass is 32.2. The average molecular weight is 258 g/mol. The van der Waals surface area contributed by atoms with Crippen molar-refractivity contribution < 1.29 is 4.79 Å². The lowest BCUT2D eigenvalue weighted by Crippen LogP contribution is -2.44. The van der Waals surface area contributed by atoms with Crippen LogP contribution in [-0.2, 0) is 4.79 Å². The molecule has 1 aromatic rings. The molecule has 1 aliphatic carbocycles. The van der Waals surface area contributed by atoms with Gasteiger partial charge in [-0.2, -0.15) is 4.37 Å². The fourth-order valence-corrected chi connectivity index (χ4v) is 2.96. The molecule has 2 rings (SSSR count). The normalized spacial score (nSPS) is 17.3. The Morgan fingerprint density at radius 2 is 2.50 bits per heavy atom. The van der Waals surface area contributed by atoms with Crippen molar-refractivity contribution in [2.45, 2.75) is 36.2 Å². The molecule has 1 saturated carbocycles. The molecule has 0 bridgehead atoms. The maximum absolute atomic E-state index is 11.2. The topological polar surface area (TPSA) is 80.9 Å². The second-order valence-corrected chi connectivity index (χ2v) is 5.83. The third-order valence-corrected chi connectivity index (χ3v) is 4.26. The molecule has 1 atom stereocenters. The summed E-state index contributed by atoms with van der Waals surface area (Å²) in [5.74, 6) is 1.11. The molecule has 16 heavy (non-hydrogen) atoms. The summed E-state index contributed by atoms with van der Waals surface area (Å²) in [6, 6.07) is 0.218. The molecule has 5 nitrogen and oxygen atoms in total. The Morgan fingerprint density at radius 1 is 1.75 bits per heavy atom. The monoisotopic (exact) mass is 258 g/mol. The Balaban J connectivity index is 1.83. The lowest BCUT2D eigenvalue weighted by Gasteiger charge is -2.13. The first-order chi connectivity index (χ1) is 7.65. The zero-order valence-electron chi connectivity index (χ0n) is 8.97. The molecule has 0 radical (unpaired) electrons. The number of carbonyl (C=O) groups is 1. The van der Waals surface area contributed by atoms with E-state index in [-0.39, 0.29) is 11.9 Å². The molecule has 1 fully saturated rings. The first kappa shape index (κ1) is 11.8. The van der Waals surface area contributed by atoms with E-state index in [9.17, 15) is 4.79 Å². The van der Waals surface area contributed by atoms with E-state index in [0.29, 0.717) is 11.8 Å². The summed E-state index contributed by atoms with van der Waals surface area (Å²) in [4.78, 5) is 15.4. The van der Waals surface area contributed by atoms with Crippen molar-refractivity contribution in [3.63, 3.8) is 0 Å². The van der Waals surface area contributed by atoms with E-state index in [2.05, 4.69) is 14.7 Å². The van der Waals surface area contributed by atoms with Crippen LogP contribution in [0, 0.1) is 6.92 Å². The highest BCUT2D eigenvalue weighted by Gasteiger charge is 2.27. The molecular formula is C9H14N4OS2. The summed E-state index contributed by atoms with van der Waals surface area (Å²) in [6.07, 6.45) is 2.29. The van der Waals surface area contributed by atoms with Gasteiger partial charge in [0.05, 0.1) is 6.04 Å². The SMILES string of the molecule is Cc1nsc(SCC(NC2CC2)C(N)=O)n1. The van der Waals surface area contributed by atoms with Crippen LogP contribution in [0.3, 0.4) is 0 Å². The van der Waals surface area contributed by atoms with Gasteiger partial charge in [-0.25, -0.2) is 4.98 Å². The summed E-state index contributed by atoms with van der Waals surface area (Å²) in [6.45, 7) is 1.86. The van der Waals surface area contributed by atoms with Crippen molar-refractivity contribution in [1.29, 1.82) is 0 Å². The Hall–Kier alpha value is -0.660. The number of hydrogen-bond acceptors (Lipinski definition) is 6. The molecule has 7 heteroatoms. The summed E-state index contributed by atoms with van der Waals surface area (Å²) < 4.78 is 4.98. The van der Waals surface area contributed by atoms with Gasteiger partial charge in [-0.1, -0.05) is 11.8 Å². The highest BCUT2D eigenvalue weighted by molar-refractivity contribution is 8.01. The van der Waals surface area contributed by atoms with Gasteiger partial charge >= 0.3 is 0 Å². The van der Waals surface area contributed by atoms with Crippen LogP contribution in [0.15, 0.2) is 4.34 Å². The number of nitrogens with zero attached hydrogens (tertiary/aromatic N) is 2. The minimum Gasteiger partial charge on any atom is -0.368 e. The second kappa shape index (κ2) is 5.11. The fraction of sp³-hybridized carbons (Fsp3) is 0.667. The van der Waals surface area contributed by atoms with Gasteiger partial charge < -0.3 is 11.1 Å². The predicted octanol–water partition coefficient (Wildman–Crippen LogP) is 0.545. The van der Waals surface area contributed by atoms with Gasteiger partial charge in [0.2, 0.25) is 5.91 Å². The van der Waals surface area contributed by atoms with Crippen LogP contribution in [-0.4, -0.2) is 33.1 Å². The van der Waals surface area contributed by atoms with E-state index in [1.165, 1.54) is 23.3 Å². The molecule has 0 aliphatic heterocycles. The Bertz CT molecular complexity index is 377. The van der Waals surface area contributed by atoms with Crippen LogP contribution < -0.4 is 11.1 Å². The van der Waals surface area contributed by atoms with Crippen LogP contribution in [0.1, 0.15) is 18.7 Å². The third-order valence-electron chi connectivity index (χ3n) is 2.24. The van der Waals surface area contributed by atoms with Crippen molar-refractivity contribution in [1.82, 2.24) is 14.7 Å². The minimum atomic E-state index is -0.291. The molecule has 1 aliphatic rings. The lowest BCUT2D eigenvalue weighted by atomic mass is 10.3. The van der Waals surface area contributed by atoms with Gasteiger partial charge in [-0.15, -0.1) is 0 Å². The number of carbonyl (C=O) groups excluding carboxylic acids is 1. The number of amides is 1. The summed E-state index contributed by atoms with van der Waals surface area (Å²) >= 11 is 2.89. The number of primary amides is 1. The first-order valence-electron chi connectivity index (χ1n) is 5.13. The smallest absolute Gasteiger partial charge is 0.235 e. The van der Waals surface area contributed by atoms with Crippen LogP contribution in [0.4, 0.5) is 0 Å². The van der Waals surface area contributed by atoms with Crippen molar-refractivity contribution in [3.8, 4) is 0 Å². The molecule has 0 spiro atoms. The largest absolute Gasteiger partial charge is 0.368 e. The number of aromatic nitrogens is 2. The Labute approximate surface area is 102 Å². The van der Waals surface area contributed by atoms with Crippen molar-refractivity contribution >= 4 is 29.2 Å². The Kier molecular flexibility index (Phi) is 3.78. The van der Waals surface area contributed by atoms with Gasteiger partial charge in [0.25, 0.3) is 0 Å². The summed E-state index contributed by atoms with van der Waals surface area (Å²) in [5, 5.41) is 3.23. The number of nitrogens with two attached hydrogens (primary N) is 1. The molecule has 1 aromatic heterocycles. The third kappa shape index (κ3) is 3.43. The first-order valence-corrected chi connectivity index (χ1v) is 6.89. The standard InChI is InChI=1S/C9H14N4OS2/c1-5-11-9(16-13-5)15-4-7(8(10)14)12-6-2-3-6/h6-7,12H,2-4H2,1H3,(H2,10,14). The van der Waals surface area contributed by atoms with Gasteiger partial charge in [0, 0.05) is 11.8 Å². The van der Waals surface area contributed by atoms with Crippen molar-refractivity contribution in [2.75, 3.05) is 5.75 Å². The van der Waals surface area contributed by atoms with Crippen LogP contribution in [0.2, 0.25) is 0 Å². The number of thioether (sulfide) groups is 1. The predicted molar refractivity (Wildman–Crippen MR) is 64.5 cm³/mol. The summed E-state index contributed by atoms with van der Waals surface area (Å²) in [5.41, 5.74) is 5.33. The maximum atomic E-state index is 11.2. The van der Waals surface area contributed by atoms with E-state index < -0.39 is 0 Å². The number of hydrogen-bond donors (Lipinski definition) is 2. The number of nitrogens with one attached hydrogen (secondary N) is 1. The molecule has 0 aromatic carbocycles. The zero-order valence-corrected chi connectivity index (χ0v) is 10.6. The zero-order chi connectivity index (χ0) is 11.5. The Morgan fingerprint density at radius 3 is 3.00 bits per heavy atom. The molecule has 1 heterocycles. The average Bonchev–Trinajstić information content (AvgIpc) is 2.95. The van der Waals surface area contributed by atoms with Gasteiger partial charge in [-0.05, 0) is 31.3 Å². The lowest BCUT2D eigenvalue weighted by molar-refractivity contribution is -0.119. The van der Waals surface area contributed by atoms with E-state index in [1.807, 2.05) is 6.92 Å². The molecule has 0 saturated heterocycles. The number of rotatable bonds is 6. The molecule has 1 unspecified atom stereocenters. The van der Waals surface area contributed by atoms with Crippen LogP contribution in [0.5, 0.6) is 0 Å². The maximum Gasteiger partial charge on any atom is 0.235 e. The van der Waals surface area contributed by atoms with Gasteiger partial charge in [-0.3, -0.25) is 4.79 Å². The molecule has 88 valence electrons. The second-order valence-electron chi connectivity index (χ2n) is 3.81. The van der Waals surface area contributed by atoms with E-state index >= 15 is 0 Å². The van der Waals surface area contributed by atoms with Crippen molar-refractivity contribution in [3.05, 3.63) is 5.82 Å². The van der Waals surface area contributed by atoms with E-state index in [1.54, 1.807) is 0 Å². The van der Waals surface area contributed by atoms with Crippen LogP contribution >= 0.6 is 23.3 Å². The van der Waals surface area contributed by atoms with E-state index in [0.717, 1.165) is 23.0 Å². The number of aryl methyl sites for hydroxylation is 1. The highest BCUT2D eigenvalue weighted by Crippen LogP contribution is 2.23. The molecule has 3 N–H and O–H groups in total. The van der Waals surface area contributed by atoms with Gasteiger partial charge in [0.1, 0.15) is 5.82 Å².